The van der Waals surface area contributed by atoms with Gasteiger partial charge < -0.3 is 14.2 Å². The molecule has 27 heavy (non-hydrogen) atoms. The summed E-state index contributed by atoms with van der Waals surface area (Å²) in [6.45, 7) is 26.0. The summed E-state index contributed by atoms with van der Waals surface area (Å²) in [6, 6.07) is 4.21. The van der Waals surface area contributed by atoms with Gasteiger partial charge in [-0.2, -0.15) is 0 Å². The van der Waals surface area contributed by atoms with Crippen molar-refractivity contribution >= 4 is 0 Å². The third kappa shape index (κ3) is 6.19. The van der Waals surface area contributed by atoms with Gasteiger partial charge in [0.1, 0.15) is 0 Å². The molecule has 2 aromatic rings. The van der Waals surface area contributed by atoms with Crippen LogP contribution < -0.4 is 0 Å². The Morgan fingerprint density at radius 2 is 1.19 bits per heavy atom. The zero-order chi connectivity index (χ0) is 21.4. The molecule has 1 N–H and O–H groups in total. The monoisotopic (exact) mass is 374 g/mol. The summed E-state index contributed by atoms with van der Waals surface area (Å²) in [4.78, 5) is 0. The molecule has 0 aliphatic carbocycles. The molecule has 0 aliphatic rings. The van der Waals surface area contributed by atoms with Crippen molar-refractivity contribution in [3.8, 4) is 5.88 Å². The third-order valence-corrected chi connectivity index (χ3v) is 4.72. The Balaban J connectivity index is 0.000000271. The van der Waals surface area contributed by atoms with E-state index in [1.165, 1.54) is 5.56 Å². The SMILES string of the molecule is CC(C)(C)c1ccn(C(C)(C)C)c1.CC(C)(C)c1ccn(C(C)(C)C)c1O. The van der Waals surface area contributed by atoms with Gasteiger partial charge >= 0.3 is 0 Å². The Bertz CT molecular complexity index is 675. The van der Waals surface area contributed by atoms with Crippen molar-refractivity contribution in [3.05, 3.63) is 41.9 Å². The first kappa shape index (κ1) is 23.4. The smallest absolute Gasteiger partial charge is 0.195 e. The summed E-state index contributed by atoms with van der Waals surface area (Å²) in [5.41, 5.74) is 2.81. The van der Waals surface area contributed by atoms with Crippen molar-refractivity contribution in [2.45, 2.75) is 105 Å². The molecule has 3 heteroatoms. The fourth-order valence-corrected chi connectivity index (χ4v) is 2.81. The summed E-state index contributed by atoms with van der Waals surface area (Å²) in [6.07, 6.45) is 6.37. The number of rotatable bonds is 0. The Kier molecular flexibility index (Phi) is 6.42. The lowest BCUT2D eigenvalue weighted by Gasteiger charge is -2.24. The van der Waals surface area contributed by atoms with Crippen LogP contribution in [-0.2, 0) is 21.9 Å². The number of nitrogens with zero attached hydrogens (tertiary/aromatic N) is 2. The summed E-state index contributed by atoms with van der Waals surface area (Å²) in [5, 5.41) is 10.1. The molecule has 0 amide bonds. The van der Waals surface area contributed by atoms with Crippen LogP contribution in [0.3, 0.4) is 0 Å². The van der Waals surface area contributed by atoms with E-state index in [0.29, 0.717) is 5.88 Å². The van der Waals surface area contributed by atoms with E-state index in [0.717, 1.165) is 5.56 Å². The van der Waals surface area contributed by atoms with Crippen LogP contribution >= 0.6 is 0 Å². The normalized spacial score (nSPS) is 13.3. The molecule has 0 atom stereocenters. The molecular formula is C24H42N2O. The molecule has 0 aromatic carbocycles. The van der Waals surface area contributed by atoms with Crippen LogP contribution in [0, 0.1) is 0 Å². The van der Waals surface area contributed by atoms with E-state index in [9.17, 15) is 5.11 Å². The number of aromatic hydroxyl groups is 1. The quantitative estimate of drug-likeness (QED) is 0.541. The van der Waals surface area contributed by atoms with Gasteiger partial charge in [0.2, 0.25) is 0 Å². The molecule has 0 aliphatic heterocycles. The average molecular weight is 375 g/mol. The largest absolute Gasteiger partial charge is 0.494 e. The lowest BCUT2D eigenvalue weighted by atomic mass is 9.89. The number of hydrogen-bond acceptors (Lipinski definition) is 1. The predicted octanol–water partition coefficient (Wildman–Crippen LogP) is 6.79. The van der Waals surface area contributed by atoms with E-state index in [2.05, 4.69) is 106 Å². The highest BCUT2D eigenvalue weighted by atomic mass is 16.3. The van der Waals surface area contributed by atoms with E-state index in [-0.39, 0.29) is 21.9 Å². The lowest BCUT2D eigenvalue weighted by Crippen LogP contribution is -2.21. The van der Waals surface area contributed by atoms with Crippen molar-refractivity contribution in [3.63, 3.8) is 0 Å². The zero-order valence-electron chi connectivity index (χ0n) is 19.7. The van der Waals surface area contributed by atoms with Crippen molar-refractivity contribution in [2.24, 2.45) is 0 Å². The maximum absolute atomic E-state index is 10.1. The van der Waals surface area contributed by atoms with Crippen molar-refractivity contribution in [2.75, 3.05) is 0 Å². The molecule has 2 aromatic heterocycles. The minimum absolute atomic E-state index is 0.000579. The van der Waals surface area contributed by atoms with Gasteiger partial charge in [0, 0.05) is 35.2 Å². The van der Waals surface area contributed by atoms with Gasteiger partial charge in [0.25, 0.3) is 0 Å². The first-order valence-electron chi connectivity index (χ1n) is 9.95. The maximum atomic E-state index is 10.1. The molecule has 0 unspecified atom stereocenters. The molecular weight excluding hydrogens is 332 g/mol. The number of hydrogen-bond donors (Lipinski definition) is 1. The Hall–Kier alpha value is -1.64. The first-order valence-corrected chi connectivity index (χ1v) is 9.95. The minimum Gasteiger partial charge on any atom is -0.494 e. The van der Waals surface area contributed by atoms with Gasteiger partial charge in [-0.05, 0) is 70.1 Å². The van der Waals surface area contributed by atoms with Crippen LogP contribution in [0.4, 0.5) is 0 Å². The van der Waals surface area contributed by atoms with E-state index in [1.54, 1.807) is 0 Å². The van der Waals surface area contributed by atoms with Crippen LogP contribution in [0.25, 0.3) is 0 Å². The standard InChI is InChI=1S/C12H21NO.C12H21N/c1-11(2,3)9-7-8-13(10(9)14)12(4,5)6;1-11(2,3)10-7-8-13(9-10)12(4,5)6/h7-8,14H,1-6H3;7-9H,1-6H3. The topological polar surface area (TPSA) is 30.1 Å². The van der Waals surface area contributed by atoms with Crippen LogP contribution in [0.1, 0.15) is 94.2 Å². The molecule has 0 fully saturated rings. The Morgan fingerprint density at radius 1 is 0.667 bits per heavy atom. The predicted molar refractivity (Wildman–Crippen MR) is 118 cm³/mol. The van der Waals surface area contributed by atoms with Gasteiger partial charge in [-0.1, -0.05) is 41.5 Å². The minimum atomic E-state index is -0.0619. The zero-order valence-corrected chi connectivity index (χ0v) is 19.7. The highest BCUT2D eigenvalue weighted by molar-refractivity contribution is 5.34. The Morgan fingerprint density at radius 3 is 1.41 bits per heavy atom. The van der Waals surface area contributed by atoms with Gasteiger partial charge in [0.05, 0.1) is 0 Å². The maximum Gasteiger partial charge on any atom is 0.195 e. The van der Waals surface area contributed by atoms with E-state index in [1.807, 2.05) is 16.8 Å². The molecule has 2 heterocycles. The molecule has 0 spiro atoms. The van der Waals surface area contributed by atoms with Gasteiger partial charge in [0.15, 0.2) is 5.88 Å². The first-order chi connectivity index (χ1) is 11.8. The second-order valence-electron chi connectivity index (χ2n) is 11.6. The molecule has 0 saturated heterocycles. The Labute approximate surface area is 167 Å². The summed E-state index contributed by atoms with van der Waals surface area (Å²) in [7, 11) is 0. The van der Waals surface area contributed by atoms with Gasteiger partial charge in [-0.15, -0.1) is 0 Å². The molecule has 0 bridgehead atoms. The van der Waals surface area contributed by atoms with Gasteiger partial charge in [-0.25, -0.2) is 0 Å². The molecule has 3 nitrogen and oxygen atoms in total. The summed E-state index contributed by atoms with van der Waals surface area (Å²) < 4.78 is 4.18. The second-order valence-corrected chi connectivity index (χ2v) is 11.6. The molecule has 0 radical (unpaired) electrons. The van der Waals surface area contributed by atoms with E-state index >= 15 is 0 Å². The van der Waals surface area contributed by atoms with Crippen LogP contribution in [0.5, 0.6) is 5.88 Å². The fraction of sp³-hybridized carbons (Fsp3) is 0.667. The highest BCUT2D eigenvalue weighted by Gasteiger charge is 2.25. The second kappa shape index (κ2) is 7.41. The lowest BCUT2D eigenvalue weighted by molar-refractivity contribution is 0.319. The van der Waals surface area contributed by atoms with Crippen molar-refractivity contribution < 1.29 is 5.11 Å². The molecule has 2 rings (SSSR count). The fourth-order valence-electron chi connectivity index (χ4n) is 2.81. The highest BCUT2D eigenvalue weighted by Crippen LogP contribution is 2.34. The molecule has 0 saturated carbocycles. The molecule has 154 valence electrons. The van der Waals surface area contributed by atoms with Crippen molar-refractivity contribution in [1.82, 2.24) is 9.13 Å². The van der Waals surface area contributed by atoms with Crippen LogP contribution in [0.15, 0.2) is 30.7 Å². The third-order valence-electron chi connectivity index (χ3n) is 4.72. The van der Waals surface area contributed by atoms with Crippen LogP contribution in [-0.4, -0.2) is 14.2 Å². The van der Waals surface area contributed by atoms with E-state index in [4.69, 9.17) is 0 Å². The number of aromatic nitrogens is 2. The summed E-state index contributed by atoms with van der Waals surface area (Å²) in [5.74, 6) is 0.394. The van der Waals surface area contributed by atoms with Crippen molar-refractivity contribution in [1.29, 1.82) is 0 Å². The summed E-state index contributed by atoms with van der Waals surface area (Å²) >= 11 is 0. The van der Waals surface area contributed by atoms with Crippen LogP contribution in [0.2, 0.25) is 0 Å². The van der Waals surface area contributed by atoms with E-state index < -0.39 is 0 Å². The average Bonchev–Trinajstić information content (AvgIpc) is 3.01. The van der Waals surface area contributed by atoms with Gasteiger partial charge in [-0.3, -0.25) is 0 Å².